The third kappa shape index (κ3) is 4.23. The lowest BCUT2D eigenvalue weighted by Crippen LogP contribution is -2.32. The van der Waals surface area contributed by atoms with Crippen molar-refractivity contribution in [1.82, 2.24) is 5.32 Å². The molecular formula is C14H21ClFNO. The van der Waals surface area contributed by atoms with Crippen LogP contribution in [0.5, 0.6) is 0 Å². The molecule has 2 nitrogen and oxygen atoms in total. The van der Waals surface area contributed by atoms with Gasteiger partial charge in [0.05, 0.1) is 11.1 Å². The second-order valence-electron chi connectivity index (χ2n) is 4.49. The molecule has 0 radical (unpaired) electrons. The van der Waals surface area contributed by atoms with Crippen molar-refractivity contribution >= 4 is 11.6 Å². The second-order valence-corrected chi connectivity index (χ2v) is 4.87. The van der Waals surface area contributed by atoms with E-state index in [-0.39, 0.29) is 11.1 Å². The standard InChI is InChI=1S/C14H21ClFNO/c1-3-10(4-2)13(18)9-17-8-11-6-5-7-12(16)14(11)15/h5-7,10,13,17-18H,3-4,8-9H2,1-2H3. The molecule has 1 atom stereocenters. The quantitative estimate of drug-likeness (QED) is 0.798. The van der Waals surface area contributed by atoms with Crippen molar-refractivity contribution < 1.29 is 9.50 Å². The Morgan fingerprint density at radius 2 is 2.00 bits per heavy atom. The maximum Gasteiger partial charge on any atom is 0.142 e. The number of aliphatic hydroxyl groups excluding tert-OH is 1. The van der Waals surface area contributed by atoms with E-state index in [0.717, 1.165) is 12.8 Å². The SMILES string of the molecule is CCC(CC)C(O)CNCc1cccc(F)c1Cl. The maximum atomic E-state index is 13.2. The van der Waals surface area contributed by atoms with E-state index in [1.165, 1.54) is 6.07 Å². The highest BCUT2D eigenvalue weighted by Crippen LogP contribution is 2.19. The molecule has 0 spiro atoms. The number of aliphatic hydroxyl groups is 1. The molecule has 18 heavy (non-hydrogen) atoms. The molecular weight excluding hydrogens is 253 g/mol. The Morgan fingerprint density at radius 1 is 1.33 bits per heavy atom. The van der Waals surface area contributed by atoms with Gasteiger partial charge in [0, 0.05) is 13.1 Å². The largest absolute Gasteiger partial charge is 0.392 e. The van der Waals surface area contributed by atoms with Gasteiger partial charge in [-0.2, -0.15) is 0 Å². The topological polar surface area (TPSA) is 32.3 Å². The molecule has 0 fully saturated rings. The minimum atomic E-state index is -0.406. The molecule has 0 bridgehead atoms. The summed E-state index contributed by atoms with van der Waals surface area (Å²) in [6.45, 7) is 5.11. The van der Waals surface area contributed by atoms with Crippen LogP contribution in [0.4, 0.5) is 4.39 Å². The van der Waals surface area contributed by atoms with Crippen LogP contribution in [0.1, 0.15) is 32.3 Å². The Bertz CT molecular complexity index is 369. The summed E-state index contributed by atoms with van der Waals surface area (Å²) in [6.07, 6.45) is 1.55. The molecule has 2 N–H and O–H groups in total. The summed E-state index contributed by atoms with van der Waals surface area (Å²) >= 11 is 5.85. The summed E-state index contributed by atoms with van der Waals surface area (Å²) < 4.78 is 13.2. The van der Waals surface area contributed by atoms with Crippen LogP contribution >= 0.6 is 11.6 Å². The molecule has 0 aliphatic rings. The van der Waals surface area contributed by atoms with E-state index < -0.39 is 5.82 Å². The number of hydrogen-bond acceptors (Lipinski definition) is 2. The Labute approximate surface area is 113 Å². The van der Waals surface area contributed by atoms with Crippen molar-refractivity contribution in [3.8, 4) is 0 Å². The van der Waals surface area contributed by atoms with E-state index in [0.29, 0.717) is 24.6 Å². The molecule has 0 aliphatic carbocycles. The van der Waals surface area contributed by atoms with Gasteiger partial charge < -0.3 is 10.4 Å². The van der Waals surface area contributed by atoms with Crippen LogP contribution in [0.15, 0.2) is 18.2 Å². The van der Waals surface area contributed by atoms with Crippen molar-refractivity contribution in [2.75, 3.05) is 6.54 Å². The molecule has 0 saturated heterocycles. The van der Waals surface area contributed by atoms with Crippen LogP contribution in [-0.2, 0) is 6.54 Å². The highest BCUT2D eigenvalue weighted by atomic mass is 35.5. The normalized spacial score (nSPS) is 13.0. The predicted octanol–water partition coefficient (Wildman–Crippen LogP) is 3.37. The second kappa shape index (κ2) is 7.72. The number of nitrogens with one attached hydrogen (secondary N) is 1. The van der Waals surface area contributed by atoms with Crippen molar-refractivity contribution in [2.24, 2.45) is 5.92 Å². The van der Waals surface area contributed by atoms with Gasteiger partial charge in [-0.15, -0.1) is 0 Å². The fourth-order valence-electron chi connectivity index (χ4n) is 2.04. The van der Waals surface area contributed by atoms with E-state index in [1.54, 1.807) is 12.1 Å². The third-order valence-electron chi connectivity index (χ3n) is 3.29. The predicted molar refractivity (Wildman–Crippen MR) is 73.2 cm³/mol. The van der Waals surface area contributed by atoms with Crippen molar-refractivity contribution in [1.29, 1.82) is 0 Å². The molecule has 0 heterocycles. The van der Waals surface area contributed by atoms with Gasteiger partial charge in [-0.1, -0.05) is 50.4 Å². The highest BCUT2D eigenvalue weighted by molar-refractivity contribution is 6.31. The van der Waals surface area contributed by atoms with Crippen LogP contribution < -0.4 is 5.32 Å². The Balaban J connectivity index is 2.44. The van der Waals surface area contributed by atoms with Gasteiger partial charge in [0.25, 0.3) is 0 Å². The lowest BCUT2D eigenvalue weighted by Gasteiger charge is -2.20. The highest BCUT2D eigenvalue weighted by Gasteiger charge is 2.15. The van der Waals surface area contributed by atoms with Crippen LogP contribution in [-0.4, -0.2) is 17.8 Å². The summed E-state index contributed by atoms with van der Waals surface area (Å²) in [7, 11) is 0. The van der Waals surface area contributed by atoms with Crippen molar-refractivity contribution in [3.63, 3.8) is 0 Å². The zero-order valence-electron chi connectivity index (χ0n) is 10.9. The van der Waals surface area contributed by atoms with E-state index in [4.69, 9.17) is 11.6 Å². The van der Waals surface area contributed by atoms with Gasteiger partial charge in [0.2, 0.25) is 0 Å². The summed E-state index contributed by atoms with van der Waals surface area (Å²) in [5.41, 5.74) is 0.716. The molecule has 4 heteroatoms. The average molecular weight is 274 g/mol. The number of rotatable bonds is 7. The van der Waals surface area contributed by atoms with Crippen LogP contribution in [0.2, 0.25) is 5.02 Å². The number of hydrogen-bond donors (Lipinski definition) is 2. The van der Waals surface area contributed by atoms with E-state index >= 15 is 0 Å². The Morgan fingerprint density at radius 3 is 2.61 bits per heavy atom. The number of benzene rings is 1. The van der Waals surface area contributed by atoms with Crippen molar-refractivity contribution in [3.05, 3.63) is 34.6 Å². The van der Waals surface area contributed by atoms with Crippen LogP contribution in [0, 0.1) is 11.7 Å². The first-order valence-electron chi connectivity index (χ1n) is 6.41. The number of halogens is 2. The molecule has 0 amide bonds. The minimum Gasteiger partial charge on any atom is -0.392 e. The van der Waals surface area contributed by atoms with E-state index in [9.17, 15) is 9.50 Å². The zero-order valence-corrected chi connectivity index (χ0v) is 11.7. The van der Waals surface area contributed by atoms with Gasteiger partial charge in [-0.3, -0.25) is 0 Å². The molecule has 1 aromatic rings. The average Bonchev–Trinajstić information content (AvgIpc) is 2.36. The monoisotopic (exact) mass is 273 g/mol. The Hall–Kier alpha value is -0.640. The Kier molecular flexibility index (Phi) is 6.61. The fraction of sp³-hybridized carbons (Fsp3) is 0.571. The summed E-state index contributed by atoms with van der Waals surface area (Å²) in [4.78, 5) is 0. The molecule has 1 aromatic carbocycles. The first kappa shape index (κ1) is 15.4. The maximum absolute atomic E-state index is 13.2. The first-order valence-corrected chi connectivity index (χ1v) is 6.79. The van der Waals surface area contributed by atoms with Crippen LogP contribution in [0.3, 0.4) is 0 Å². The van der Waals surface area contributed by atoms with Gasteiger partial charge in [-0.05, 0) is 17.5 Å². The fourth-order valence-corrected chi connectivity index (χ4v) is 2.23. The van der Waals surface area contributed by atoms with E-state index in [1.807, 2.05) is 0 Å². The summed E-state index contributed by atoms with van der Waals surface area (Å²) in [6, 6.07) is 4.75. The van der Waals surface area contributed by atoms with Gasteiger partial charge in [-0.25, -0.2) is 4.39 Å². The lowest BCUT2D eigenvalue weighted by atomic mass is 9.96. The van der Waals surface area contributed by atoms with Crippen LogP contribution in [0.25, 0.3) is 0 Å². The third-order valence-corrected chi connectivity index (χ3v) is 3.72. The van der Waals surface area contributed by atoms with Crippen molar-refractivity contribution in [2.45, 2.75) is 39.3 Å². The summed E-state index contributed by atoms with van der Waals surface area (Å²) in [5, 5.41) is 13.2. The molecule has 102 valence electrons. The molecule has 1 rings (SSSR count). The van der Waals surface area contributed by atoms with Gasteiger partial charge in [0.15, 0.2) is 0 Å². The minimum absolute atomic E-state index is 0.155. The van der Waals surface area contributed by atoms with E-state index in [2.05, 4.69) is 19.2 Å². The van der Waals surface area contributed by atoms with Gasteiger partial charge >= 0.3 is 0 Å². The summed E-state index contributed by atoms with van der Waals surface area (Å²) in [5.74, 6) is -0.100. The molecule has 1 unspecified atom stereocenters. The molecule has 0 aromatic heterocycles. The lowest BCUT2D eigenvalue weighted by molar-refractivity contribution is 0.101. The molecule has 0 aliphatic heterocycles. The molecule has 0 saturated carbocycles. The zero-order chi connectivity index (χ0) is 13.5. The first-order chi connectivity index (χ1) is 8.60. The smallest absolute Gasteiger partial charge is 0.142 e. The van der Waals surface area contributed by atoms with Gasteiger partial charge in [0.1, 0.15) is 5.82 Å².